The molecular formula is C15H16FN3O2. The highest BCUT2D eigenvalue weighted by Gasteiger charge is 2.12. The molecule has 0 atom stereocenters. The van der Waals surface area contributed by atoms with Crippen LogP contribution in [0, 0.1) is 5.82 Å². The van der Waals surface area contributed by atoms with Gasteiger partial charge in [-0.1, -0.05) is 6.07 Å². The van der Waals surface area contributed by atoms with E-state index < -0.39 is 11.7 Å². The Kier molecular flexibility index (Phi) is 4.27. The van der Waals surface area contributed by atoms with Gasteiger partial charge in [0.05, 0.1) is 23.5 Å². The molecule has 0 aliphatic carbocycles. The number of anilines is 3. The van der Waals surface area contributed by atoms with Crippen molar-refractivity contribution >= 4 is 23.0 Å². The van der Waals surface area contributed by atoms with Crippen molar-refractivity contribution in [2.24, 2.45) is 5.73 Å². The maximum atomic E-state index is 13.8. The molecule has 0 fully saturated rings. The molecule has 110 valence electrons. The molecule has 2 aromatic carbocycles. The highest BCUT2D eigenvalue weighted by atomic mass is 19.1. The minimum Gasteiger partial charge on any atom is -0.491 e. The molecular weight excluding hydrogens is 273 g/mol. The van der Waals surface area contributed by atoms with E-state index in [9.17, 15) is 9.18 Å². The summed E-state index contributed by atoms with van der Waals surface area (Å²) in [5.41, 5.74) is 12.5. The van der Waals surface area contributed by atoms with E-state index in [0.29, 0.717) is 23.7 Å². The lowest BCUT2D eigenvalue weighted by Crippen LogP contribution is -2.14. The maximum absolute atomic E-state index is 13.8. The van der Waals surface area contributed by atoms with Gasteiger partial charge in [-0.15, -0.1) is 0 Å². The van der Waals surface area contributed by atoms with Crippen LogP contribution in [0.25, 0.3) is 0 Å². The Labute approximate surface area is 121 Å². The largest absolute Gasteiger partial charge is 0.491 e. The van der Waals surface area contributed by atoms with Crippen LogP contribution in [-0.4, -0.2) is 12.5 Å². The monoisotopic (exact) mass is 289 g/mol. The first-order valence-corrected chi connectivity index (χ1v) is 6.40. The van der Waals surface area contributed by atoms with Crippen LogP contribution < -0.4 is 21.5 Å². The highest BCUT2D eigenvalue weighted by molar-refractivity contribution is 6.02. The Morgan fingerprint density at radius 2 is 2.10 bits per heavy atom. The lowest BCUT2D eigenvalue weighted by Gasteiger charge is -2.13. The number of hydrogen-bond acceptors (Lipinski definition) is 4. The molecule has 2 aromatic rings. The van der Waals surface area contributed by atoms with Crippen LogP contribution in [0.1, 0.15) is 17.3 Å². The van der Waals surface area contributed by atoms with Crippen molar-refractivity contribution in [3.8, 4) is 5.75 Å². The van der Waals surface area contributed by atoms with Gasteiger partial charge in [0, 0.05) is 11.8 Å². The Morgan fingerprint density at radius 3 is 2.71 bits per heavy atom. The molecule has 0 aromatic heterocycles. The summed E-state index contributed by atoms with van der Waals surface area (Å²) in [6.07, 6.45) is 0. The van der Waals surface area contributed by atoms with Gasteiger partial charge < -0.3 is 21.5 Å². The minimum absolute atomic E-state index is 0.166. The van der Waals surface area contributed by atoms with Crippen molar-refractivity contribution < 1.29 is 13.9 Å². The molecule has 0 saturated carbocycles. The predicted octanol–water partition coefficient (Wildman–Crippen LogP) is 2.65. The first-order valence-electron chi connectivity index (χ1n) is 6.40. The van der Waals surface area contributed by atoms with Crippen molar-refractivity contribution in [2.75, 3.05) is 17.7 Å². The zero-order valence-corrected chi connectivity index (χ0v) is 11.5. The molecule has 0 unspecified atom stereocenters. The maximum Gasteiger partial charge on any atom is 0.250 e. The number of nitrogen functional groups attached to an aromatic ring is 1. The van der Waals surface area contributed by atoms with Crippen LogP contribution in [0.4, 0.5) is 21.5 Å². The number of amides is 1. The second-order valence-electron chi connectivity index (χ2n) is 4.34. The van der Waals surface area contributed by atoms with Crippen LogP contribution in [0.15, 0.2) is 36.4 Å². The average molecular weight is 289 g/mol. The van der Waals surface area contributed by atoms with E-state index in [2.05, 4.69) is 5.32 Å². The summed E-state index contributed by atoms with van der Waals surface area (Å²) in [4.78, 5) is 11.4. The van der Waals surface area contributed by atoms with Gasteiger partial charge in [-0.3, -0.25) is 4.79 Å². The molecule has 0 heterocycles. The smallest absolute Gasteiger partial charge is 0.250 e. The fraction of sp³-hybridized carbons (Fsp3) is 0.133. The number of rotatable bonds is 5. The third-order valence-electron chi connectivity index (χ3n) is 2.86. The summed E-state index contributed by atoms with van der Waals surface area (Å²) in [5.74, 6) is -0.951. The molecule has 6 heteroatoms. The number of nitrogens with two attached hydrogens (primary N) is 2. The standard InChI is InChI=1S/C15H16FN3O2/c1-2-21-13-7-6-9(8-11(13)16)19-14-10(15(18)20)4-3-5-12(14)17/h3-8,19H,2,17H2,1H3,(H2,18,20). The number of ether oxygens (including phenoxy) is 1. The van der Waals surface area contributed by atoms with Gasteiger partial charge in [-0.05, 0) is 31.2 Å². The fourth-order valence-electron chi connectivity index (χ4n) is 1.91. The van der Waals surface area contributed by atoms with Gasteiger partial charge in [-0.25, -0.2) is 4.39 Å². The van der Waals surface area contributed by atoms with Gasteiger partial charge in [0.25, 0.3) is 5.91 Å². The number of nitrogens with one attached hydrogen (secondary N) is 1. The van der Waals surface area contributed by atoms with Crippen LogP contribution in [0.2, 0.25) is 0 Å². The van der Waals surface area contributed by atoms with Crippen molar-refractivity contribution in [1.29, 1.82) is 0 Å². The average Bonchev–Trinajstić information content (AvgIpc) is 2.44. The second-order valence-corrected chi connectivity index (χ2v) is 4.34. The quantitative estimate of drug-likeness (QED) is 0.738. The first kappa shape index (κ1) is 14.6. The van der Waals surface area contributed by atoms with E-state index in [1.54, 1.807) is 31.2 Å². The van der Waals surface area contributed by atoms with E-state index in [1.165, 1.54) is 12.1 Å². The van der Waals surface area contributed by atoms with Crippen LogP contribution in [0.5, 0.6) is 5.75 Å². The molecule has 0 bridgehead atoms. The Bertz CT molecular complexity index is 674. The number of primary amides is 1. The Balaban J connectivity index is 2.34. The van der Waals surface area contributed by atoms with Crippen molar-refractivity contribution in [2.45, 2.75) is 6.92 Å². The van der Waals surface area contributed by atoms with Crippen LogP contribution in [0.3, 0.4) is 0 Å². The number of para-hydroxylation sites is 1. The van der Waals surface area contributed by atoms with Gasteiger partial charge >= 0.3 is 0 Å². The predicted molar refractivity (Wildman–Crippen MR) is 80.2 cm³/mol. The summed E-state index contributed by atoms with van der Waals surface area (Å²) < 4.78 is 18.9. The second kappa shape index (κ2) is 6.13. The number of carbonyl (C=O) groups is 1. The van der Waals surface area contributed by atoms with Crippen LogP contribution in [-0.2, 0) is 0 Å². The molecule has 21 heavy (non-hydrogen) atoms. The van der Waals surface area contributed by atoms with E-state index in [1.807, 2.05) is 0 Å². The van der Waals surface area contributed by atoms with E-state index in [0.717, 1.165) is 0 Å². The summed E-state index contributed by atoms with van der Waals surface area (Å²) in [5, 5.41) is 2.91. The van der Waals surface area contributed by atoms with Gasteiger partial charge in [0.2, 0.25) is 0 Å². The molecule has 0 spiro atoms. The lowest BCUT2D eigenvalue weighted by atomic mass is 10.1. The van der Waals surface area contributed by atoms with Crippen molar-refractivity contribution in [3.63, 3.8) is 0 Å². The molecule has 0 saturated heterocycles. The first-order chi connectivity index (χ1) is 10.0. The van der Waals surface area contributed by atoms with E-state index in [4.69, 9.17) is 16.2 Å². The van der Waals surface area contributed by atoms with Crippen molar-refractivity contribution in [1.82, 2.24) is 0 Å². The van der Waals surface area contributed by atoms with E-state index >= 15 is 0 Å². The summed E-state index contributed by atoms with van der Waals surface area (Å²) in [6.45, 7) is 2.15. The number of hydrogen-bond donors (Lipinski definition) is 3. The Hall–Kier alpha value is -2.76. The van der Waals surface area contributed by atoms with Gasteiger partial charge in [-0.2, -0.15) is 0 Å². The zero-order chi connectivity index (χ0) is 15.4. The fourth-order valence-corrected chi connectivity index (χ4v) is 1.91. The normalized spacial score (nSPS) is 10.2. The molecule has 5 nitrogen and oxygen atoms in total. The summed E-state index contributed by atoms with van der Waals surface area (Å²) >= 11 is 0. The van der Waals surface area contributed by atoms with Gasteiger partial charge in [0.15, 0.2) is 11.6 Å². The molecule has 0 aliphatic rings. The summed E-state index contributed by atoms with van der Waals surface area (Å²) in [7, 11) is 0. The molecule has 2 rings (SSSR count). The number of halogens is 1. The molecule has 0 aliphatic heterocycles. The highest BCUT2D eigenvalue weighted by Crippen LogP contribution is 2.29. The third-order valence-corrected chi connectivity index (χ3v) is 2.86. The number of carbonyl (C=O) groups excluding carboxylic acids is 1. The SMILES string of the molecule is CCOc1ccc(Nc2c(N)cccc2C(N)=O)cc1F. The van der Waals surface area contributed by atoms with Crippen LogP contribution >= 0.6 is 0 Å². The zero-order valence-electron chi connectivity index (χ0n) is 11.5. The van der Waals surface area contributed by atoms with E-state index in [-0.39, 0.29) is 11.3 Å². The topological polar surface area (TPSA) is 90.4 Å². The van der Waals surface area contributed by atoms with Gasteiger partial charge in [0.1, 0.15) is 0 Å². The lowest BCUT2D eigenvalue weighted by molar-refractivity contribution is 0.100. The molecule has 1 amide bonds. The Morgan fingerprint density at radius 1 is 1.33 bits per heavy atom. The molecule has 5 N–H and O–H groups in total. The van der Waals surface area contributed by atoms with Crippen molar-refractivity contribution in [3.05, 3.63) is 47.8 Å². The minimum atomic E-state index is -0.615. The molecule has 0 radical (unpaired) electrons. The summed E-state index contributed by atoms with van der Waals surface area (Å²) in [6, 6.07) is 9.20. The number of benzene rings is 2. The third kappa shape index (κ3) is 3.22.